The number of carbonyl (C=O) groups excluding carboxylic acids is 1. The Hall–Kier alpha value is -2.23. The average Bonchev–Trinajstić information content (AvgIpc) is 2.63. The van der Waals surface area contributed by atoms with E-state index in [-0.39, 0.29) is 25.2 Å². The Morgan fingerprint density at radius 2 is 1.66 bits per heavy atom. The predicted octanol–water partition coefficient (Wildman–Crippen LogP) is 3.13. The van der Waals surface area contributed by atoms with Gasteiger partial charge in [-0.15, -0.1) is 4.31 Å². The van der Waals surface area contributed by atoms with Gasteiger partial charge in [-0.05, 0) is 41.8 Å². The molecule has 1 fully saturated rings. The summed E-state index contributed by atoms with van der Waals surface area (Å²) < 4.78 is 64.4. The molecule has 1 spiro atoms. The summed E-state index contributed by atoms with van der Waals surface area (Å²) in [5, 5.41) is 0. The molecule has 2 aliphatic rings. The number of alkyl halides is 3. The van der Waals surface area contributed by atoms with E-state index < -0.39 is 33.6 Å². The Bertz CT molecular complexity index is 995. The quantitative estimate of drug-likeness (QED) is 0.696. The number of hydrogen-bond donors (Lipinski definition) is 0. The Balaban J connectivity index is 1.55. The summed E-state index contributed by atoms with van der Waals surface area (Å²) in [6, 6.07) is 11.7. The van der Waals surface area contributed by atoms with E-state index in [1.807, 2.05) is 24.3 Å². The third-order valence-corrected chi connectivity index (χ3v) is 6.92. The number of benzene rings is 2. The summed E-state index contributed by atoms with van der Waals surface area (Å²) in [5.74, 6) is -0.406. The number of likely N-dealkylation sites (tertiary alicyclic amines) is 1. The van der Waals surface area contributed by atoms with Crippen LogP contribution in [0.15, 0.2) is 48.5 Å². The van der Waals surface area contributed by atoms with E-state index in [2.05, 4.69) is 0 Å². The molecule has 2 aromatic carbocycles. The molecular weight excluding hydrogens is 405 g/mol. The molecular formula is C20H19F3N2O3S. The molecule has 154 valence electrons. The number of sulfonamides is 1. The van der Waals surface area contributed by atoms with E-state index in [0.717, 1.165) is 41.6 Å². The fourth-order valence-corrected chi connectivity index (χ4v) is 5.44. The van der Waals surface area contributed by atoms with Gasteiger partial charge >= 0.3 is 6.18 Å². The Kier molecular flexibility index (Phi) is 4.60. The van der Waals surface area contributed by atoms with Crippen molar-refractivity contribution < 1.29 is 26.7 Å². The van der Waals surface area contributed by atoms with Gasteiger partial charge in [-0.25, -0.2) is 0 Å². The monoisotopic (exact) mass is 424 g/mol. The maximum absolute atomic E-state index is 12.7. The van der Waals surface area contributed by atoms with Gasteiger partial charge in [0.25, 0.3) is 5.91 Å². The van der Waals surface area contributed by atoms with Gasteiger partial charge in [-0.3, -0.25) is 4.79 Å². The number of halogens is 3. The van der Waals surface area contributed by atoms with Gasteiger partial charge in [0.05, 0.1) is 12.1 Å². The van der Waals surface area contributed by atoms with E-state index in [9.17, 15) is 26.7 Å². The topological polar surface area (TPSA) is 63.7 Å². The van der Waals surface area contributed by atoms with Gasteiger partial charge in [0.15, 0.2) is 0 Å². The minimum atomic E-state index is -4.46. The standard InChI is InChI=1S/C20H19F3N2O3S/c1-29(27,28)25-11-16-5-3-2-4-15(16)10-19(25)12-24(13-19)18(26)14-6-8-17(9-7-14)20(21,22)23/h2-9H,10-13H2,1H3. The van der Waals surface area contributed by atoms with Crippen molar-refractivity contribution >= 4 is 16.3 Å². The van der Waals surface area contributed by atoms with Gasteiger partial charge in [0.2, 0.25) is 0 Å². The van der Waals surface area contributed by atoms with Gasteiger partial charge < -0.3 is 9.45 Å². The van der Waals surface area contributed by atoms with Gasteiger partial charge in [0.1, 0.15) is 22.2 Å². The first-order valence-electron chi connectivity index (χ1n) is 9.01. The molecule has 1 atom stereocenters. The number of hydrogen-bond acceptors (Lipinski definition) is 3. The third kappa shape index (κ3) is 3.58. The smallest absolute Gasteiger partial charge is 0.416 e. The zero-order chi connectivity index (χ0) is 21.0. The van der Waals surface area contributed by atoms with E-state index in [0.29, 0.717) is 6.42 Å². The SMILES string of the molecule is C[S+](=O)([O-])N1Cc2ccccc2CC12CN(C(=O)c1ccc(C(F)(F)F)cc1)C2. The molecule has 0 saturated carbocycles. The fraction of sp³-hybridized carbons (Fsp3) is 0.350. The first-order valence-corrected chi connectivity index (χ1v) is 10.9. The minimum absolute atomic E-state index is 0.148. The Morgan fingerprint density at radius 3 is 2.21 bits per heavy atom. The van der Waals surface area contributed by atoms with Crippen LogP contribution in [0, 0.1) is 0 Å². The largest absolute Gasteiger partial charge is 0.598 e. The van der Waals surface area contributed by atoms with Crippen molar-refractivity contribution in [3.63, 3.8) is 0 Å². The van der Waals surface area contributed by atoms with Crippen LogP contribution < -0.4 is 0 Å². The van der Waals surface area contributed by atoms with Crippen LogP contribution in [-0.4, -0.2) is 44.5 Å². The molecule has 0 bridgehead atoms. The molecule has 0 aliphatic carbocycles. The normalized spacial score (nSPS) is 20.7. The fourth-order valence-electron chi connectivity index (χ4n) is 4.18. The number of carbonyl (C=O) groups is 1. The zero-order valence-electron chi connectivity index (χ0n) is 15.6. The molecule has 9 heteroatoms. The molecule has 0 aromatic heterocycles. The second-order valence-corrected chi connectivity index (χ2v) is 9.58. The minimum Gasteiger partial charge on any atom is -0.598 e. The molecule has 4 rings (SSSR count). The molecule has 1 unspecified atom stereocenters. The molecule has 2 heterocycles. The van der Waals surface area contributed by atoms with Crippen LogP contribution in [0.5, 0.6) is 0 Å². The van der Waals surface area contributed by atoms with Crippen molar-refractivity contribution in [3.8, 4) is 0 Å². The molecule has 1 amide bonds. The van der Waals surface area contributed by atoms with Crippen molar-refractivity contribution in [3.05, 3.63) is 70.8 Å². The molecule has 2 aliphatic heterocycles. The highest BCUT2D eigenvalue weighted by Crippen LogP contribution is 2.41. The van der Waals surface area contributed by atoms with E-state index >= 15 is 0 Å². The van der Waals surface area contributed by atoms with E-state index in [1.165, 1.54) is 9.21 Å². The van der Waals surface area contributed by atoms with Crippen LogP contribution in [0.25, 0.3) is 0 Å². The van der Waals surface area contributed by atoms with Crippen molar-refractivity contribution in [1.29, 1.82) is 0 Å². The summed E-state index contributed by atoms with van der Waals surface area (Å²) in [6.07, 6.45) is -2.82. The molecule has 29 heavy (non-hydrogen) atoms. The van der Waals surface area contributed by atoms with Crippen LogP contribution in [0.1, 0.15) is 27.0 Å². The van der Waals surface area contributed by atoms with Crippen molar-refractivity contribution in [2.75, 3.05) is 19.3 Å². The summed E-state index contributed by atoms with van der Waals surface area (Å²) in [5.41, 5.74) is 0.602. The lowest BCUT2D eigenvalue weighted by Crippen LogP contribution is -2.74. The van der Waals surface area contributed by atoms with E-state index in [4.69, 9.17) is 0 Å². The highest BCUT2D eigenvalue weighted by atomic mass is 32.3. The maximum atomic E-state index is 12.7. The summed E-state index contributed by atoms with van der Waals surface area (Å²) in [7, 11) is -3.50. The lowest BCUT2D eigenvalue weighted by molar-refractivity contribution is -0.137. The summed E-state index contributed by atoms with van der Waals surface area (Å²) in [6.45, 7) is 0.653. The number of nitrogens with zero attached hydrogens (tertiary/aromatic N) is 2. The first kappa shape index (κ1) is 20.1. The zero-order valence-corrected chi connectivity index (χ0v) is 16.4. The van der Waals surface area contributed by atoms with Crippen molar-refractivity contribution in [1.82, 2.24) is 9.21 Å². The highest BCUT2D eigenvalue weighted by Gasteiger charge is 2.56. The highest BCUT2D eigenvalue weighted by molar-refractivity contribution is 7.94. The summed E-state index contributed by atoms with van der Waals surface area (Å²) in [4.78, 5) is 14.2. The van der Waals surface area contributed by atoms with Crippen LogP contribution in [0.4, 0.5) is 13.2 Å². The van der Waals surface area contributed by atoms with E-state index in [1.54, 1.807) is 0 Å². The lowest BCUT2D eigenvalue weighted by Gasteiger charge is -2.56. The van der Waals surface area contributed by atoms with Gasteiger partial charge in [0, 0.05) is 18.7 Å². The van der Waals surface area contributed by atoms with Crippen LogP contribution >= 0.6 is 0 Å². The Labute approximate surface area is 167 Å². The average molecular weight is 424 g/mol. The second-order valence-electron chi connectivity index (χ2n) is 7.68. The number of rotatable bonds is 2. The first-order chi connectivity index (χ1) is 13.5. The lowest BCUT2D eigenvalue weighted by atomic mass is 9.78. The molecule has 0 N–H and O–H groups in total. The second kappa shape index (κ2) is 6.65. The molecule has 5 nitrogen and oxygen atoms in total. The number of fused-ring (bicyclic) bond motifs is 1. The number of amides is 1. The van der Waals surface area contributed by atoms with Crippen LogP contribution in [0.2, 0.25) is 0 Å². The van der Waals surface area contributed by atoms with Crippen molar-refractivity contribution in [2.24, 2.45) is 0 Å². The van der Waals surface area contributed by atoms with Crippen LogP contribution in [0.3, 0.4) is 0 Å². The molecule has 2 aromatic rings. The molecule has 0 radical (unpaired) electrons. The predicted molar refractivity (Wildman–Crippen MR) is 101 cm³/mol. The Morgan fingerprint density at radius 1 is 1.07 bits per heavy atom. The third-order valence-electron chi connectivity index (χ3n) is 5.60. The van der Waals surface area contributed by atoms with Gasteiger partial charge in [-0.1, -0.05) is 28.5 Å². The summed E-state index contributed by atoms with van der Waals surface area (Å²) >= 11 is 0. The maximum Gasteiger partial charge on any atom is 0.416 e. The molecule has 1 saturated heterocycles. The van der Waals surface area contributed by atoms with Gasteiger partial charge in [-0.2, -0.15) is 13.2 Å². The van der Waals surface area contributed by atoms with Crippen LogP contribution in [-0.2, 0) is 33.8 Å². The van der Waals surface area contributed by atoms with Crippen molar-refractivity contribution in [2.45, 2.75) is 24.7 Å².